The van der Waals surface area contributed by atoms with Crippen molar-refractivity contribution < 1.29 is 4.39 Å². The molecule has 0 bridgehead atoms. The second kappa shape index (κ2) is 9.23. The molecule has 7 heteroatoms. The third-order valence-electron chi connectivity index (χ3n) is 5.62. The van der Waals surface area contributed by atoms with Crippen LogP contribution >= 0.6 is 22.9 Å². The molecule has 0 saturated carbocycles. The van der Waals surface area contributed by atoms with Crippen LogP contribution in [0.1, 0.15) is 43.2 Å². The third kappa shape index (κ3) is 5.62. The Bertz CT molecular complexity index is 1040. The van der Waals surface area contributed by atoms with E-state index in [0.717, 1.165) is 32.6 Å². The van der Waals surface area contributed by atoms with Gasteiger partial charge in [-0.1, -0.05) is 32.4 Å². The van der Waals surface area contributed by atoms with Crippen LogP contribution in [0, 0.1) is 11.2 Å². The van der Waals surface area contributed by atoms with Gasteiger partial charge in [-0.2, -0.15) is 0 Å². The minimum atomic E-state index is -0.345. The maximum atomic E-state index is 13.5. The van der Waals surface area contributed by atoms with Gasteiger partial charge in [0, 0.05) is 30.1 Å². The Balaban J connectivity index is 1.37. The number of rotatable bonds is 6. The second-order valence-corrected chi connectivity index (χ2v) is 10.7. The van der Waals surface area contributed by atoms with Crippen LogP contribution in [0.25, 0.3) is 11.3 Å². The minimum Gasteiger partial charge on any atom is -0.364 e. The summed E-state index contributed by atoms with van der Waals surface area (Å²) in [6.07, 6.45) is 2.32. The quantitative estimate of drug-likeness (QED) is 0.463. The van der Waals surface area contributed by atoms with E-state index >= 15 is 0 Å². The Kier molecular flexibility index (Phi) is 6.60. The molecule has 31 heavy (non-hydrogen) atoms. The molecule has 0 atom stereocenters. The lowest BCUT2D eigenvalue weighted by molar-refractivity contribution is 0.215. The number of nitrogens with zero attached hydrogens (tertiary/aromatic N) is 3. The summed E-state index contributed by atoms with van der Waals surface area (Å²) >= 11 is 8.03. The lowest BCUT2D eigenvalue weighted by Gasteiger charge is -2.30. The highest BCUT2D eigenvalue weighted by atomic mass is 35.5. The molecule has 0 fully saturated rings. The summed E-state index contributed by atoms with van der Waals surface area (Å²) in [5.41, 5.74) is 4.30. The van der Waals surface area contributed by atoms with Gasteiger partial charge >= 0.3 is 0 Å². The predicted octanol–water partition coefficient (Wildman–Crippen LogP) is 6.40. The molecule has 1 aliphatic heterocycles. The molecule has 4 nitrogen and oxygen atoms in total. The first kappa shape index (κ1) is 22.2. The van der Waals surface area contributed by atoms with Gasteiger partial charge < -0.3 is 5.32 Å². The molecule has 1 N–H and O–H groups in total. The van der Waals surface area contributed by atoms with E-state index < -0.39 is 0 Å². The Morgan fingerprint density at radius 2 is 2.03 bits per heavy atom. The maximum absolute atomic E-state index is 13.5. The number of hydrogen-bond donors (Lipinski definition) is 1. The number of fused-ring (bicyclic) bond motifs is 1. The summed E-state index contributed by atoms with van der Waals surface area (Å²) in [4.78, 5) is 4.06. The van der Waals surface area contributed by atoms with Crippen LogP contribution in [-0.4, -0.2) is 28.2 Å². The number of halogens is 2. The van der Waals surface area contributed by atoms with Crippen molar-refractivity contribution in [1.82, 2.24) is 15.1 Å². The molecule has 0 unspecified atom stereocenters. The van der Waals surface area contributed by atoms with Crippen LogP contribution in [0.3, 0.4) is 0 Å². The average Bonchev–Trinajstić information content (AvgIpc) is 3.15. The average molecular weight is 459 g/mol. The molecule has 0 saturated heterocycles. The maximum Gasteiger partial charge on any atom is 0.148 e. The molecule has 2 aromatic heterocycles. The zero-order valence-corrected chi connectivity index (χ0v) is 19.8. The number of anilines is 1. The van der Waals surface area contributed by atoms with Gasteiger partial charge in [0.2, 0.25) is 0 Å². The van der Waals surface area contributed by atoms with Crippen molar-refractivity contribution in [1.29, 1.82) is 0 Å². The number of benzene rings is 1. The van der Waals surface area contributed by atoms with Crippen molar-refractivity contribution in [3.05, 3.63) is 62.6 Å². The van der Waals surface area contributed by atoms with Crippen molar-refractivity contribution in [2.75, 3.05) is 18.4 Å². The molecule has 0 radical (unpaired) electrons. The molecule has 1 aliphatic rings. The Hall–Kier alpha value is -2.02. The largest absolute Gasteiger partial charge is 0.364 e. The molecule has 1 aromatic carbocycles. The highest BCUT2D eigenvalue weighted by molar-refractivity contribution is 7.10. The van der Waals surface area contributed by atoms with E-state index in [1.807, 2.05) is 23.5 Å². The van der Waals surface area contributed by atoms with Crippen LogP contribution < -0.4 is 5.32 Å². The van der Waals surface area contributed by atoms with Crippen LogP contribution in [0.4, 0.5) is 10.2 Å². The topological polar surface area (TPSA) is 41.0 Å². The number of nitrogens with one attached hydrogen (secondary N) is 1. The summed E-state index contributed by atoms with van der Waals surface area (Å²) < 4.78 is 13.5. The zero-order chi connectivity index (χ0) is 22.0. The molecule has 4 rings (SSSR count). The summed E-state index contributed by atoms with van der Waals surface area (Å²) in [6, 6.07) is 7.91. The number of hydrogen-bond acceptors (Lipinski definition) is 5. The molecule has 164 valence electrons. The first-order chi connectivity index (χ1) is 14.8. The van der Waals surface area contributed by atoms with Crippen LogP contribution in [0.2, 0.25) is 5.02 Å². The van der Waals surface area contributed by atoms with Gasteiger partial charge in [-0.25, -0.2) is 4.39 Å². The van der Waals surface area contributed by atoms with Gasteiger partial charge in [-0.15, -0.1) is 21.5 Å². The summed E-state index contributed by atoms with van der Waals surface area (Å²) in [7, 11) is 0. The lowest BCUT2D eigenvalue weighted by Crippen LogP contribution is -2.32. The Morgan fingerprint density at radius 1 is 1.19 bits per heavy atom. The number of aromatic nitrogens is 2. The van der Waals surface area contributed by atoms with E-state index in [-0.39, 0.29) is 5.82 Å². The molecular formula is C24H28ClFN4S. The molecular weight excluding hydrogens is 431 g/mol. The van der Waals surface area contributed by atoms with Gasteiger partial charge in [-0.3, -0.25) is 4.90 Å². The smallest absolute Gasteiger partial charge is 0.148 e. The predicted molar refractivity (Wildman–Crippen MR) is 127 cm³/mol. The van der Waals surface area contributed by atoms with E-state index in [2.05, 4.69) is 46.6 Å². The molecule has 0 spiro atoms. The third-order valence-corrected chi connectivity index (χ3v) is 7.01. The fourth-order valence-corrected chi connectivity index (χ4v) is 5.09. The van der Waals surface area contributed by atoms with Gasteiger partial charge in [0.05, 0.1) is 10.7 Å². The van der Waals surface area contributed by atoms with Gasteiger partial charge in [0.1, 0.15) is 11.6 Å². The fraction of sp³-hybridized carbons (Fsp3) is 0.417. The van der Waals surface area contributed by atoms with Crippen molar-refractivity contribution in [2.24, 2.45) is 5.41 Å². The van der Waals surface area contributed by atoms with Crippen LogP contribution in [0.15, 0.2) is 35.7 Å². The highest BCUT2D eigenvalue weighted by Gasteiger charge is 2.22. The first-order valence-corrected chi connectivity index (χ1v) is 11.9. The van der Waals surface area contributed by atoms with E-state index in [1.165, 1.54) is 40.6 Å². The van der Waals surface area contributed by atoms with Gasteiger partial charge in [-0.05, 0) is 71.6 Å². The second-order valence-electron chi connectivity index (χ2n) is 9.28. The number of thiophene rings is 1. The first-order valence-electron chi connectivity index (χ1n) is 10.6. The standard InChI is InChI=1S/C24H28ClFN4S/c1-24(2,3)9-11-30-10-8-18-16(15-31-22(18)14-30)13-27-23-7-6-21(28-29-23)19-12-17(26)4-5-20(19)25/h4-7,12,15H,8-11,13-14H2,1-3H3,(H,27,29). The Morgan fingerprint density at radius 3 is 2.77 bits per heavy atom. The highest BCUT2D eigenvalue weighted by Crippen LogP contribution is 2.31. The fourth-order valence-electron chi connectivity index (χ4n) is 3.73. The van der Waals surface area contributed by atoms with E-state index in [0.29, 0.717) is 27.5 Å². The lowest BCUT2D eigenvalue weighted by atomic mass is 9.91. The summed E-state index contributed by atoms with van der Waals surface area (Å²) in [6.45, 7) is 11.0. The van der Waals surface area contributed by atoms with Crippen molar-refractivity contribution >= 4 is 28.8 Å². The van der Waals surface area contributed by atoms with Gasteiger partial charge in [0.15, 0.2) is 0 Å². The minimum absolute atomic E-state index is 0.345. The van der Waals surface area contributed by atoms with Crippen molar-refractivity contribution in [2.45, 2.75) is 46.7 Å². The molecule has 0 amide bonds. The summed E-state index contributed by atoms with van der Waals surface area (Å²) in [5, 5.41) is 14.6. The zero-order valence-electron chi connectivity index (χ0n) is 18.2. The summed E-state index contributed by atoms with van der Waals surface area (Å²) in [5.74, 6) is 0.349. The van der Waals surface area contributed by atoms with Crippen LogP contribution in [-0.2, 0) is 19.5 Å². The normalized spacial score (nSPS) is 14.5. The van der Waals surface area contributed by atoms with E-state index in [9.17, 15) is 4.39 Å². The molecule has 3 heterocycles. The molecule has 0 aliphatic carbocycles. The van der Waals surface area contributed by atoms with E-state index in [1.54, 1.807) is 0 Å². The Labute approximate surface area is 192 Å². The van der Waals surface area contributed by atoms with Crippen molar-refractivity contribution in [3.8, 4) is 11.3 Å². The van der Waals surface area contributed by atoms with E-state index in [4.69, 9.17) is 11.6 Å². The molecule has 3 aromatic rings. The SMILES string of the molecule is CC(C)(C)CCN1CCc2c(CNc3ccc(-c4cc(F)ccc4Cl)nn3)csc2C1. The van der Waals surface area contributed by atoms with Crippen molar-refractivity contribution in [3.63, 3.8) is 0 Å². The van der Waals surface area contributed by atoms with Crippen LogP contribution in [0.5, 0.6) is 0 Å². The monoisotopic (exact) mass is 458 g/mol. The van der Waals surface area contributed by atoms with Gasteiger partial charge in [0.25, 0.3) is 0 Å².